The molecule has 0 aliphatic heterocycles. The summed E-state index contributed by atoms with van der Waals surface area (Å²) in [7, 11) is -5.86. The maximum Gasteiger partial charge on any atom is 1.00 e. The normalized spacial score (nSPS) is 11.8. The van der Waals surface area contributed by atoms with Crippen LogP contribution in [0.3, 0.4) is 0 Å². The number of nitrogens with one attached hydrogen (secondary N) is 1. The fourth-order valence-corrected chi connectivity index (χ4v) is 1.99. The summed E-state index contributed by atoms with van der Waals surface area (Å²) in [6, 6.07) is 0. The first kappa shape index (κ1) is 16.8. The van der Waals surface area contributed by atoms with Crippen LogP contribution in [0.4, 0.5) is 13.9 Å². The maximum atomic E-state index is 12.9. The van der Waals surface area contributed by atoms with Gasteiger partial charge in [-0.25, -0.2) is 8.42 Å². The van der Waals surface area contributed by atoms with Crippen LogP contribution >= 0.6 is 11.3 Å². The molecule has 17 heavy (non-hydrogen) atoms. The van der Waals surface area contributed by atoms with Gasteiger partial charge in [0.2, 0.25) is 16.0 Å². The molecular formula is C5H4F2N3NaO4S2. The van der Waals surface area contributed by atoms with Crippen LogP contribution in [0, 0.1) is 0 Å². The van der Waals surface area contributed by atoms with Crippen LogP contribution in [0.25, 0.3) is 0 Å². The van der Waals surface area contributed by atoms with Crippen LogP contribution in [-0.4, -0.2) is 29.1 Å². The summed E-state index contributed by atoms with van der Waals surface area (Å²) in [6.45, 7) is 1.10. The Kier molecular flexibility index (Phi) is 5.56. The van der Waals surface area contributed by atoms with Gasteiger partial charge in [-0.3, -0.25) is 4.79 Å². The largest absolute Gasteiger partial charge is 1.00 e. The van der Waals surface area contributed by atoms with Crippen molar-refractivity contribution in [3.63, 3.8) is 0 Å². The first-order valence-corrected chi connectivity index (χ1v) is 5.82. The molecule has 0 aliphatic carbocycles. The molecule has 1 aromatic heterocycles. The SMILES string of the molecule is CC(=O)Nc1nnc(C(F)(F)S(=O)(=O)[O-])s1.[Na+]. The topological polar surface area (TPSA) is 112 Å². The minimum atomic E-state index is -5.86. The molecule has 1 heterocycles. The van der Waals surface area contributed by atoms with Crippen LogP contribution in [0.5, 0.6) is 0 Å². The number of nitrogens with zero attached hydrogens (tertiary/aromatic N) is 2. The zero-order chi connectivity index (χ0) is 12.6. The van der Waals surface area contributed by atoms with Gasteiger partial charge in [0, 0.05) is 6.92 Å². The maximum absolute atomic E-state index is 12.9. The van der Waals surface area contributed by atoms with E-state index in [1.165, 1.54) is 0 Å². The number of halogens is 2. The molecule has 0 saturated heterocycles. The van der Waals surface area contributed by atoms with Gasteiger partial charge in [-0.05, 0) is 0 Å². The fraction of sp³-hybridized carbons (Fsp3) is 0.400. The van der Waals surface area contributed by atoms with Gasteiger partial charge in [0.1, 0.15) is 0 Å². The second kappa shape index (κ2) is 5.63. The standard InChI is InChI=1S/C5H5F2N3O4S2.Na/c1-2(11)8-4-10-9-3(15-4)5(6,7)16(12,13)14;/h1H3,(H,8,10,11)(H,12,13,14);/q;+1/p-1. The van der Waals surface area contributed by atoms with Gasteiger partial charge in [-0.1, -0.05) is 11.3 Å². The first-order chi connectivity index (χ1) is 7.14. The second-order valence-corrected chi connectivity index (χ2v) is 4.96. The molecule has 0 radical (unpaired) electrons. The predicted molar refractivity (Wildman–Crippen MR) is 47.8 cm³/mol. The number of hydrogen-bond acceptors (Lipinski definition) is 7. The molecule has 90 valence electrons. The van der Waals surface area contributed by atoms with Crippen molar-refractivity contribution < 1.29 is 56.1 Å². The number of carbonyl (C=O) groups is 1. The Morgan fingerprint density at radius 2 is 2.00 bits per heavy atom. The van der Waals surface area contributed by atoms with Gasteiger partial charge in [0.25, 0.3) is 0 Å². The van der Waals surface area contributed by atoms with Crippen molar-refractivity contribution in [1.29, 1.82) is 0 Å². The Bertz CT molecular complexity index is 517. The van der Waals surface area contributed by atoms with Crippen molar-refractivity contribution in [2.24, 2.45) is 0 Å². The summed E-state index contributed by atoms with van der Waals surface area (Å²) < 4.78 is 56.5. The number of anilines is 1. The van der Waals surface area contributed by atoms with E-state index in [4.69, 9.17) is 0 Å². The zero-order valence-electron chi connectivity index (χ0n) is 8.60. The molecule has 12 heteroatoms. The number of aromatic nitrogens is 2. The van der Waals surface area contributed by atoms with Gasteiger partial charge >= 0.3 is 34.8 Å². The summed E-state index contributed by atoms with van der Waals surface area (Å²) in [5.41, 5.74) is 0. The third-order valence-corrected chi connectivity index (χ3v) is 3.13. The average Bonchev–Trinajstić information content (AvgIpc) is 2.49. The Labute approximate surface area is 121 Å². The molecule has 0 aliphatic rings. The minimum absolute atomic E-state index is 0. The van der Waals surface area contributed by atoms with E-state index in [1.54, 1.807) is 0 Å². The van der Waals surface area contributed by atoms with Gasteiger partial charge in [-0.15, -0.1) is 10.2 Å². The molecule has 0 spiro atoms. The molecule has 1 rings (SSSR count). The summed E-state index contributed by atoms with van der Waals surface area (Å²) in [4.78, 5) is 10.5. The Balaban J connectivity index is 0.00000256. The van der Waals surface area contributed by atoms with E-state index in [2.05, 4.69) is 10.2 Å². The minimum Gasteiger partial charge on any atom is -0.743 e. The van der Waals surface area contributed by atoms with Gasteiger partial charge in [0.05, 0.1) is 0 Å². The Morgan fingerprint density at radius 1 is 1.47 bits per heavy atom. The number of carbonyl (C=O) groups excluding carboxylic acids is 1. The molecule has 7 nitrogen and oxygen atoms in total. The van der Waals surface area contributed by atoms with Crippen LogP contribution in [0.1, 0.15) is 11.9 Å². The van der Waals surface area contributed by atoms with E-state index < -0.39 is 26.3 Å². The van der Waals surface area contributed by atoms with Crippen molar-refractivity contribution in [3.05, 3.63) is 5.01 Å². The number of alkyl halides is 2. The molecule has 0 fully saturated rings. The summed E-state index contributed by atoms with van der Waals surface area (Å²) in [6.07, 6.45) is 0. The van der Waals surface area contributed by atoms with Gasteiger partial charge in [0.15, 0.2) is 10.1 Å². The Morgan fingerprint density at radius 3 is 2.41 bits per heavy atom. The monoisotopic (exact) mass is 295 g/mol. The third kappa shape index (κ3) is 3.89. The summed E-state index contributed by atoms with van der Waals surface area (Å²) in [5, 5.41) is 1.69. The molecule has 0 unspecified atom stereocenters. The fourth-order valence-electron chi connectivity index (χ4n) is 0.649. The van der Waals surface area contributed by atoms with E-state index >= 15 is 0 Å². The van der Waals surface area contributed by atoms with Crippen LogP contribution < -0.4 is 34.9 Å². The second-order valence-electron chi connectivity index (χ2n) is 2.56. The molecule has 0 aromatic carbocycles. The molecular weight excluding hydrogens is 291 g/mol. The van der Waals surface area contributed by atoms with E-state index in [9.17, 15) is 26.5 Å². The summed E-state index contributed by atoms with van der Waals surface area (Å²) in [5.74, 6) is -0.587. The molecule has 1 aromatic rings. The summed E-state index contributed by atoms with van der Waals surface area (Å²) >= 11 is 0.112. The smallest absolute Gasteiger partial charge is 0.743 e. The van der Waals surface area contributed by atoms with Crippen molar-refractivity contribution in [2.45, 2.75) is 12.2 Å². The van der Waals surface area contributed by atoms with Gasteiger partial charge < -0.3 is 9.87 Å². The van der Waals surface area contributed by atoms with Crippen molar-refractivity contribution in [1.82, 2.24) is 10.2 Å². The molecule has 0 atom stereocenters. The van der Waals surface area contributed by atoms with Crippen molar-refractivity contribution >= 4 is 32.5 Å². The molecule has 0 bridgehead atoms. The number of amides is 1. The Hall–Kier alpha value is -0.200. The third-order valence-electron chi connectivity index (χ3n) is 1.27. The molecule has 0 saturated carbocycles. The van der Waals surface area contributed by atoms with Crippen LogP contribution in [0.2, 0.25) is 0 Å². The first-order valence-electron chi connectivity index (χ1n) is 3.59. The van der Waals surface area contributed by atoms with Gasteiger partial charge in [-0.2, -0.15) is 8.78 Å². The zero-order valence-corrected chi connectivity index (χ0v) is 12.2. The van der Waals surface area contributed by atoms with Crippen LogP contribution in [0.15, 0.2) is 0 Å². The number of hydrogen-bond donors (Lipinski definition) is 1. The van der Waals surface area contributed by atoms with E-state index in [-0.39, 0.29) is 46.0 Å². The molecule has 1 N–H and O–H groups in total. The van der Waals surface area contributed by atoms with E-state index in [0.29, 0.717) is 0 Å². The quantitative estimate of drug-likeness (QED) is 0.473. The molecule has 1 amide bonds. The predicted octanol–water partition coefficient (Wildman–Crippen LogP) is -2.91. The van der Waals surface area contributed by atoms with E-state index in [1.807, 2.05) is 5.32 Å². The van der Waals surface area contributed by atoms with Crippen molar-refractivity contribution in [2.75, 3.05) is 5.32 Å². The van der Waals surface area contributed by atoms with E-state index in [0.717, 1.165) is 6.92 Å². The number of rotatable bonds is 3. The average molecular weight is 295 g/mol. The van der Waals surface area contributed by atoms with Crippen LogP contribution in [-0.2, 0) is 20.2 Å². The van der Waals surface area contributed by atoms with Crippen molar-refractivity contribution in [3.8, 4) is 0 Å².